The number of aryl methyl sites for hydroxylation is 2. The van der Waals surface area contributed by atoms with Crippen LogP contribution in [0.3, 0.4) is 0 Å². The van der Waals surface area contributed by atoms with Crippen molar-refractivity contribution in [2.24, 2.45) is 7.05 Å². The minimum atomic E-state index is -0.319. The molecule has 4 rings (SSSR count). The van der Waals surface area contributed by atoms with Gasteiger partial charge in [-0.05, 0) is 44.2 Å². The minimum Gasteiger partial charge on any atom is -0.450 e. The molecule has 0 spiro atoms. The number of carbonyl (C=O) groups excluding carboxylic acids is 2. The number of hydrogen-bond acceptors (Lipinski definition) is 4. The van der Waals surface area contributed by atoms with Crippen molar-refractivity contribution in [3.8, 4) is 11.4 Å². The number of pyridine rings is 1. The third-order valence-corrected chi connectivity index (χ3v) is 5.49. The van der Waals surface area contributed by atoms with Crippen LogP contribution < -0.4 is 0 Å². The summed E-state index contributed by atoms with van der Waals surface area (Å²) in [6.07, 6.45) is 1.65. The Morgan fingerprint density at radius 1 is 1.07 bits per heavy atom. The number of hydrogen-bond donors (Lipinski definition) is 0. The highest BCUT2D eigenvalue weighted by Gasteiger charge is 2.27. The number of benzene rings is 1. The van der Waals surface area contributed by atoms with Gasteiger partial charge in [0.15, 0.2) is 0 Å². The summed E-state index contributed by atoms with van der Waals surface area (Å²) >= 11 is 0. The molecule has 30 heavy (non-hydrogen) atoms. The Balaban J connectivity index is 1.67. The Bertz CT molecular complexity index is 1100. The predicted octanol–water partition coefficient (Wildman–Crippen LogP) is 3.46. The second kappa shape index (κ2) is 8.18. The van der Waals surface area contributed by atoms with E-state index in [1.807, 2.05) is 66.0 Å². The SMILES string of the molecule is CCOC(=O)N1CCN(C(=O)c2cc(-c3cccn3C)nc3ccc(C)cc23)CC1. The Labute approximate surface area is 175 Å². The van der Waals surface area contributed by atoms with Crippen LogP contribution in [0.15, 0.2) is 42.6 Å². The van der Waals surface area contributed by atoms with Gasteiger partial charge in [-0.25, -0.2) is 9.78 Å². The van der Waals surface area contributed by atoms with E-state index in [9.17, 15) is 9.59 Å². The van der Waals surface area contributed by atoms with E-state index >= 15 is 0 Å². The topological polar surface area (TPSA) is 67.7 Å². The summed E-state index contributed by atoms with van der Waals surface area (Å²) in [6.45, 7) is 6.05. The van der Waals surface area contributed by atoms with Gasteiger partial charge in [0.1, 0.15) is 0 Å². The van der Waals surface area contributed by atoms with Gasteiger partial charge < -0.3 is 19.1 Å². The summed E-state index contributed by atoms with van der Waals surface area (Å²) in [5.41, 5.74) is 4.25. The maximum absolute atomic E-state index is 13.5. The third-order valence-electron chi connectivity index (χ3n) is 5.49. The van der Waals surface area contributed by atoms with Crippen LogP contribution in [0.2, 0.25) is 0 Å². The molecule has 7 heteroatoms. The van der Waals surface area contributed by atoms with Gasteiger partial charge in [-0.2, -0.15) is 0 Å². The maximum Gasteiger partial charge on any atom is 0.409 e. The van der Waals surface area contributed by atoms with Crippen molar-refractivity contribution in [3.63, 3.8) is 0 Å². The lowest BCUT2D eigenvalue weighted by Crippen LogP contribution is -2.50. The molecule has 0 atom stereocenters. The fourth-order valence-electron chi connectivity index (χ4n) is 3.85. The molecule has 0 N–H and O–H groups in total. The second-order valence-electron chi connectivity index (χ2n) is 7.56. The van der Waals surface area contributed by atoms with Crippen LogP contribution in [0.25, 0.3) is 22.3 Å². The summed E-state index contributed by atoms with van der Waals surface area (Å²) < 4.78 is 7.07. The standard InChI is InChI=1S/C23H26N4O3/c1-4-30-23(29)27-12-10-26(11-13-27)22(28)18-15-20(21-6-5-9-25(21)3)24-19-8-7-16(2)14-17(18)19/h5-9,14-15H,4,10-13H2,1-3H3. The quantitative estimate of drug-likeness (QED) is 0.668. The van der Waals surface area contributed by atoms with Gasteiger partial charge in [-0.15, -0.1) is 0 Å². The highest BCUT2D eigenvalue weighted by Crippen LogP contribution is 2.27. The molecule has 1 aliphatic rings. The largest absolute Gasteiger partial charge is 0.450 e. The van der Waals surface area contributed by atoms with Gasteiger partial charge in [0.05, 0.1) is 29.1 Å². The second-order valence-corrected chi connectivity index (χ2v) is 7.56. The molecule has 0 radical (unpaired) electrons. The molecule has 3 aromatic rings. The van der Waals surface area contributed by atoms with Crippen LogP contribution in [-0.2, 0) is 11.8 Å². The molecule has 1 saturated heterocycles. The molecule has 1 aromatic carbocycles. The van der Waals surface area contributed by atoms with Crippen LogP contribution in [0.4, 0.5) is 4.79 Å². The summed E-state index contributed by atoms with van der Waals surface area (Å²) in [6, 6.07) is 11.8. The van der Waals surface area contributed by atoms with Crippen LogP contribution in [-0.4, -0.2) is 64.1 Å². The molecule has 1 fully saturated rings. The van der Waals surface area contributed by atoms with Gasteiger partial charge in [-0.3, -0.25) is 4.79 Å². The van der Waals surface area contributed by atoms with Crippen molar-refractivity contribution in [1.29, 1.82) is 0 Å². The fraction of sp³-hybridized carbons (Fsp3) is 0.348. The van der Waals surface area contributed by atoms with E-state index in [0.717, 1.165) is 27.9 Å². The van der Waals surface area contributed by atoms with E-state index in [1.165, 1.54) is 0 Å². The molecule has 0 aliphatic carbocycles. The molecule has 0 unspecified atom stereocenters. The highest BCUT2D eigenvalue weighted by atomic mass is 16.6. The fourth-order valence-corrected chi connectivity index (χ4v) is 3.85. The van der Waals surface area contributed by atoms with Crippen molar-refractivity contribution in [1.82, 2.24) is 19.4 Å². The summed E-state index contributed by atoms with van der Waals surface area (Å²) in [4.78, 5) is 33.7. The van der Waals surface area contributed by atoms with E-state index in [4.69, 9.17) is 9.72 Å². The first kappa shape index (κ1) is 19.9. The third kappa shape index (κ3) is 3.75. The number of ether oxygens (including phenoxy) is 1. The smallest absolute Gasteiger partial charge is 0.409 e. The number of carbonyl (C=O) groups is 2. The Morgan fingerprint density at radius 2 is 1.80 bits per heavy atom. The summed E-state index contributed by atoms with van der Waals surface area (Å²) in [5, 5.41) is 0.853. The summed E-state index contributed by atoms with van der Waals surface area (Å²) in [5.74, 6) is -0.0352. The van der Waals surface area contributed by atoms with Gasteiger partial charge >= 0.3 is 6.09 Å². The molecule has 156 valence electrons. The van der Waals surface area contributed by atoms with E-state index in [1.54, 1.807) is 11.8 Å². The monoisotopic (exact) mass is 406 g/mol. The first-order chi connectivity index (χ1) is 14.5. The number of piperazine rings is 1. The van der Waals surface area contributed by atoms with E-state index in [-0.39, 0.29) is 12.0 Å². The van der Waals surface area contributed by atoms with Crippen molar-refractivity contribution in [2.75, 3.05) is 32.8 Å². The molecule has 3 heterocycles. The Hall–Kier alpha value is -3.35. The molecular weight excluding hydrogens is 380 g/mol. The highest BCUT2D eigenvalue weighted by molar-refractivity contribution is 6.07. The van der Waals surface area contributed by atoms with E-state index < -0.39 is 0 Å². The minimum absolute atomic E-state index is 0.0352. The molecule has 0 bridgehead atoms. The zero-order chi connectivity index (χ0) is 21.3. The molecule has 0 saturated carbocycles. The first-order valence-electron chi connectivity index (χ1n) is 10.2. The predicted molar refractivity (Wildman–Crippen MR) is 115 cm³/mol. The average molecular weight is 406 g/mol. The zero-order valence-corrected chi connectivity index (χ0v) is 17.6. The van der Waals surface area contributed by atoms with Crippen LogP contribution in [0.1, 0.15) is 22.8 Å². The number of fused-ring (bicyclic) bond motifs is 1. The normalized spacial score (nSPS) is 14.2. The number of amides is 2. The Kier molecular flexibility index (Phi) is 5.44. The van der Waals surface area contributed by atoms with Crippen molar-refractivity contribution in [2.45, 2.75) is 13.8 Å². The van der Waals surface area contributed by atoms with Crippen molar-refractivity contribution < 1.29 is 14.3 Å². The average Bonchev–Trinajstić information content (AvgIpc) is 3.18. The molecule has 1 aliphatic heterocycles. The molecule has 7 nitrogen and oxygen atoms in total. The lowest BCUT2D eigenvalue weighted by molar-refractivity contribution is 0.0572. The molecular formula is C23H26N4O3. The van der Waals surface area contributed by atoms with Gasteiger partial charge in [0.25, 0.3) is 5.91 Å². The van der Waals surface area contributed by atoms with Crippen molar-refractivity contribution in [3.05, 3.63) is 53.7 Å². The van der Waals surface area contributed by atoms with Crippen LogP contribution in [0.5, 0.6) is 0 Å². The van der Waals surface area contributed by atoms with Crippen LogP contribution >= 0.6 is 0 Å². The summed E-state index contributed by atoms with van der Waals surface area (Å²) in [7, 11) is 1.96. The zero-order valence-electron chi connectivity index (χ0n) is 17.6. The van der Waals surface area contributed by atoms with E-state index in [2.05, 4.69) is 0 Å². The van der Waals surface area contributed by atoms with Gasteiger partial charge in [0, 0.05) is 44.8 Å². The van der Waals surface area contributed by atoms with Crippen LogP contribution in [0, 0.1) is 6.92 Å². The maximum atomic E-state index is 13.5. The lowest BCUT2D eigenvalue weighted by atomic mass is 10.0. The van der Waals surface area contributed by atoms with E-state index in [0.29, 0.717) is 38.3 Å². The molecule has 2 amide bonds. The number of rotatable bonds is 3. The lowest BCUT2D eigenvalue weighted by Gasteiger charge is -2.34. The molecule has 2 aromatic heterocycles. The number of aromatic nitrogens is 2. The number of nitrogens with zero attached hydrogens (tertiary/aromatic N) is 4. The Morgan fingerprint density at radius 3 is 2.47 bits per heavy atom. The van der Waals surface area contributed by atoms with Crippen molar-refractivity contribution >= 4 is 22.9 Å². The van der Waals surface area contributed by atoms with Gasteiger partial charge in [0.2, 0.25) is 0 Å². The first-order valence-corrected chi connectivity index (χ1v) is 10.2. The van der Waals surface area contributed by atoms with Gasteiger partial charge in [-0.1, -0.05) is 11.6 Å².